The first-order chi connectivity index (χ1) is 9.54. The van der Waals surface area contributed by atoms with Gasteiger partial charge in [-0.1, -0.05) is 36.7 Å². The SMILES string of the molecule is CCC(N)c1ccccc1OCc1c(C)nn(C)c1Cl. The van der Waals surface area contributed by atoms with Gasteiger partial charge in [-0.05, 0) is 19.4 Å². The van der Waals surface area contributed by atoms with Gasteiger partial charge in [0.1, 0.15) is 17.5 Å². The van der Waals surface area contributed by atoms with Crippen LogP contribution in [0, 0.1) is 6.92 Å². The number of rotatable bonds is 5. The summed E-state index contributed by atoms with van der Waals surface area (Å²) in [5.41, 5.74) is 8.92. The topological polar surface area (TPSA) is 53.1 Å². The van der Waals surface area contributed by atoms with Crippen LogP contribution >= 0.6 is 11.6 Å². The lowest BCUT2D eigenvalue weighted by Gasteiger charge is -2.15. The van der Waals surface area contributed by atoms with E-state index in [9.17, 15) is 0 Å². The van der Waals surface area contributed by atoms with Crippen molar-refractivity contribution in [3.63, 3.8) is 0 Å². The summed E-state index contributed by atoms with van der Waals surface area (Å²) in [5, 5.41) is 4.89. The third-order valence-electron chi connectivity index (χ3n) is 3.40. The summed E-state index contributed by atoms with van der Waals surface area (Å²) in [6.07, 6.45) is 0.868. The Bertz CT molecular complexity index is 595. The Hall–Kier alpha value is -1.52. The molecule has 0 aliphatic heterocycles. The molecule has 0 saturated heterocycles. The lowest BCUT2D eigenvalue weighted by molar-refractivity contribution is 0.300. The first-order valence-electron chi connectivity index (χ1n) is 6.69. The molecular formula is C15H20ClN3O. The van der Waals surface area contributed by atoms with E-state index < -0.39 is 0 Å². The van der Waals surface area contributed by atoms with Crippen LogP contribution in [0.3, 0.4) is 0 Å². The van der Waals surface area contributed by atoms with Gasteiger partial charge in [0, 0.05) is 24.2 Å². The summed E-state index contributed by atoms with van der Waals surface area (Å²) in [6, 6.07) is 7.83. The highest BCUT2D eigenvalue weighted by Crippen LogP contribution is 2.27. The molecule has 1 aromatic heterocycles. The molecule has 2 aromatic rings. The average molecular weight is 294 g/mol. The minimum absolute atomic E-state index is 0.0170. The van der Waals surface area contributed by atoms with Crippen LogP contribution in [0.15, 0.2) is 24.3 Å². The maximum atomic E-state index is 6.21. The maximum absolute atomic E-state index is 6.21. The molecule has 0 amide bonds. The summed E-state index contributed by atoms with van der Waals surface area (Å²) >= 11 is 6.21. The van der Waals surface area contributed by atoms with E-state index in [0.717, 1.165) is 29.0 Å². The number of hydrogen-bond acceptors (Lipinski definition) is 3. The summed E-state index contributed by atoms with van der Waals surface area (Å²) in [7, 11) is 1.82. The highest BCUT2D eigenvalue weighted by atomic mass is 35.5. The van der Waals surface area contributed by atoms with E-state index in [-0.39, 0.29) is 6.04 Å². The minimum atomic E-state index is -0.0170. The van der Waals surface area contributed by atoms with E-state index in [0.29, 0.717) is 11.8 Å². The number of hydrogen-bond donors (Lipinski definition) is 1. The third-order valence-corrected chi connectivity index (χ3v) is 3.87. The molecule has 1 aromatic carbocycles. The van der Waals surface area contributed by atoms with Gasteiger partial charge in [0.15, 0.2) is 0 Å². The summed E-state index contributed by atoms with van der Waals surface area (Å²) in [6.45, 7) is 4.38. The van der Waals surface area contributed by atoms with Gasteiger partial charge in [0.05, 0.1) is 5.69 Å². The standard InChI is InChI=1S/C15H20ClN3O/c1-4-13(17)11-7-5-6-8-14(11)20-9-12-10(2)18-19(3)15(12)16/h5-8,13H,4,9,17H2,1-3H3. The zero-order chi connectivity index (χ0) is 14.7. The van der Waals surface area contributed by atoms with Gasteiger partial charge < -0.3 is 10.5 Å². The first-order valence-corrected chi connectivity index (χ1v) is 7.07. The van der Waals surface area contributed by atoms with Crippen LogP contribution in [0.4, 0.5) is 0 Å². The van der Waals surface area contributed by atoms with Crippen molar-refractivity contribution in [3.05, 3.63) is 46.2 Å². The fourth-order valence-electron chi connectivity index (χ4n) is 2.13. The Labute approximate surface area is 124 Å². The quantitative estimate of drug-likeness (QED) is 0.919. The second-order valence-corrected chi connectivity index (χ2v) is 5.18. The minimum Gasteiger partial charge on any atom is -0.488 e. The van der Waals surface area contributed by atoms with Gasteiger partial charge >= 0.3 is 0 Å². The monoisotopic (exact) mass is 293 g/mol. The molecule has 0 spiro atoms. The highest BCUT2D eigenvalue weighted by molar-refractivity contribution is 6.30. The first kappa shape index (κ1) is 14.9. The molecule has 1 unspecified atom stereocenters. The van der Waals surface area contributed by atoms with E-state index >= 15 is 0 Å². The number of benzene rings is 1. The van der Waals surface area contributed by atoms with Crippen LogP contribution in [0.25, 0.3) is 0 Å². The van der Waals surface area contributed by atoms with Gasteiger partial charge in [-0.2, -0.15) is 5.10 Å². The molecule has 2 N–H and O–H groups in total. The Morgan fingerprint density at radius 2 is 2.10 bits per heavy atom. The predicted molar refractivity (Wildman–Crippen MR) is 80.9 cm³/mol. The fourth-order valence-corrected chi connectivity index (χ4v) is 2.36. The van der Waals surface area contributed by atoms with Crippen molar-refractivity contribution in [1.82, 2.24) is 9.78 Å². The van der Waals surface area contributed by atoms with Crippen molar-refractivity contribution in [3.8, 4) is 5.75 Å². The summed E-state index contributed by atoms with van der Waals surface area (Å²) in [4.78, 5) is 0. The van der Waals surface area contributed by atoms with Gasteiger partial charge in [-0.3, -0.25) is 4.68 Å². The molecule has 0 fully saturated rings. The van der Waals surface area contributed by atoms with Crippen molar-refractivity contribution in [2.75, 3.05) is 0 Å². The third kappa shape index (κ3) is 2.97. The molecule has 0 radical (unpaired) electrons. The largest absolute Gasteiger partial charge is 0.488 e. The second-order valence-electron chi connectivity index (χ2n) is 4.82. The lowest BCUT2D eigenvalue weighted by atomic mass is 10.0. The normalized spacial score (nSPS) is 12.4. The summed E-state index contributed by atoms with van der Waals surface area (Å²) in [5.74, 6) is 0.807. The number of para-hydroxylation sites is 1. The van der Waals surface area contributed by atoms with Crippen LogP contribution in [0.5, 0.6) is 5.75 Å². The number of ether oxygens (including phenoxy) is 1. The smallest absolute Gasteiger partial charge is 0.133 e. The van der Waals surface area contributed by atoms with Crippen LogP contribution in [-0.2, 0) is 13.7 Å². The van der Waals surface area contributed by atoms with Crippen LogP contribution < -0.4 is 10.5 Å². The Morgan fingerprint density at radius 1 is 1.40 bits per heavy atom. The molecule has 20 heavy (non-hydrogen) atoms. The Balaban J connectivity index is 2.19. The number of aromatic nitrogens is 2. The van der Waals surface area contributed by atoms with Crippen molar-refractivity contribution in [2.45, 2.75) is 32.9 Å². The number of aryl methyl sites for hydroxylation is 2. The van der Waals surface area contributed by atoms with Gasteiger partial charge in [-0.15, -0.1) is 0 Å². The van der Waals surface area contributed by atoms with E-state index in [2.05, 4.69) is 12.0 Å². The molecule has 0 aliphatic rings. The molecule has 108 valence electrons. The van der Waals surface area contributed by atoms with Crippen LogP contribution in [0.1, 0.15) is 36.2 Å². The zero-order valence-corrected chi connectivity index (χ0v) is 12.8. The zero-order valence-electron chi connectivity index (χ0n) is 12.1. The predicted octanol–water partition coefficient (Wildman–Crippen LogP) is 3.37. The van der Waals surface area contributed by atoms with Crippen molar-refractivity contribution >= 4 is 11.6 Å². The molecule has 1 heterocycles. The van der Waals surface area contributed by atoms with Crippen molar-refractivity contribution in [1.29, 1.82) is 0 Å². The molecule has 0 aliphatic carbocycles. The molecule has 2 rings (SSSR count). The Kier molecular flexibility index (Phi) is 4.68. The van der Waals surface area contributed by atoms with E-state index in [1.54, 1.807) is 4.68 Å². The van der Waals surface area contributed by atoms with Gasteiger partial charge in [0.2, 0.25) is 0 Å². The number of nitrogens with zero attached hydrogens (tertiary/aromatic N) is 2. The van der Waals surface area contributed by atoms with Gasteiger partial charge in [0.25, 0.3) is 0 Å². The maximum Gasteiger partial charge on any atom is 0.133 e. The molecule has 5 heteroatoms. The molecule has 0 saturated carbocycles. The Morgan fingerprint density at radius 3 is 2.70 bits per heavy atom. The highest BCUT2D eigenvalue weighted by Gasteiger charge is 2.14. The van der Waals surface area contributed by atoms with Crippen molar-refractivity contribution in [2.24, 2.45) is 12.8 Å². The van der Waals surface area contributed by atoms with E-state index in [4.69, 9.17) is 22.1 Å². The van der Waals surface area contributed by atoms with Gasteiger partial charge in [-0.25, -0.2) is 0 Å². The second kappa shape index (κ2) is 6.29. The fraction of sp³-hybridized carbons (Fsp3) is 0.400. The average Bonchev–Trinajstić information content (AvgIpc) is 2.70. The van der Waals surface area contributed by atoms with Crippen molar-refractivity contribution < 1.29 is 4.74 Å². The van der Waals surface area contributed by atoms with Crippen LogP contribution in [0.2, 0.25) is 5.15 Å². The number of nitrogens with two attached hydrogens (primary N) is 1. The summed E-state index contributed by atoms with van der Waals surface area (Å²) < 4.78 is 7.56. The molecule has 0 bridgehead atoms. The van der Waals surface area contributed by atoms with E-state index in [1.807, 2.05) is 38.2 Å². The lowest BCUT2D eigenvalue weighted by Crippen LogP contribution is -2.11. The molecular weight excluding hydrogens is 274 g/mol. The van der Waals surface area contributed by atoms with E-state index in [1.165, 1.54) is 0 Å². The molecule has 1 atom stereocenters. The van der Waals surface area contributed by atoms with Crippen LogP contribution in [-0.4, -0.2) is 9.78 Å². The molecule has 4 nitrogen and oxygen atoms in total. The number of halogens is 1.